The van der Waals surface area contributed by atoms with Crippen molar-refractivity contribution < 1.29 is 14.0 Å². The average molecular weight is 360 g/mol. The minimum atomic E-state index is -0.356. The van der Waals surface area contributed by atoms with Crippen LogP contribution in [0.15, 0.2) is 48.5 Å². The summed E-state index contributed by atoms with van der Waals surface area (Å²) in [7, 11) is 1.72. The summed E-state index contributed by atoms with van der Waals surface area (Å²) in [6, 6.07) is 13.3. The van der Waals surface area contributed by atoms with Crippen molar-refractivity contribution in [2.45, 2.75) is 19.1 Å². The van der Waals surface area contributed by atoms with Crippen LogP contribution in [0.3, 0.4) is 0 Å². The molecule has 1 atom stereocenters. The molecule has 0 spiro atoms. The van der Waals surface area contributed by atoms with Crippen molar-refractivity contribution in [1.82, 2.24) is 0 Å². The molecule has 132 valence electrons. The van der Waals surface area contributed by atoms with Gasteiger partial charge in [-0.15, -0.1) is 11.8 Å². The molecule has 0 bridgehead atoms. The lowest BCUT2D eigenvalue weighted by Crippen LogP contribution is -2.34. The molecule has 0 heterocycles. The molecule has 1 unspecified atom stereocenters. The maximum Gasteiger partial charge on any atom is 0.239 e. The Labute approximate surface area is 151 Å². The molecule has 2 amide bonds. The van der Waals surface area contributed by atoms with Crippen LogP contribution in [0.1, 0.15) is 12.5 Å². The first-order chi connectivity index (χ1) is 11.9. The highest BCUT2D eigenvalue weighted by atomic mass is 32.2. The summed E-state index contributed by atoms with van der Waals surface area (Å²) in [6.45, 7) is 3.77. The fourth-order valence-electron chi connectivity index (χ4n) is 2.17. The normalized spacial score (nSPS) is 11.7. The van der Waals surface area contributed by atoms with E-state index in [-0.39, 0.29) is 28.6 Å². The van der Waals surface area contributed by atoms with Crippen molar-refractivity contribution in [3.05, 3.63) is 59.9 Å². The Hall–Kier alpha value is -2.34. The molecule has 25 heavy (non-hydrogen) atoms. The molecule has 0 aliphatic carbocycles. The van der Waals surface area contributed by atoms with E-state index in [2.05, 4.69) is 5.32 Å². The molecule has 6 heteroatoms. The van der Waals surface area contributed by atoms with E-state index in [1.165, 1.54) is 36.0 Å². The lowest BCUT2D eigenvalue weighted by atomic mass is 10.2. The molecule has 2 aromatic rings. The summed E-state index contributed by atoms with van der Waals surface area (Å²) in [5.41, 5.74) is 2.48. The number of carbonyl (C=O) groups excluding carboxylic acids is 2. The zero-order valence-electron chi connectivity index (χ0n) is 14.5. The van der Waals surface area contributed by atoms with Crippen LogP contribution in [0.4, 0.5) is 15.8 Å². The zero-order valence-corrected chi connectivity index (χ0v) is 15.3. The topological polar surface area (TPSA) is 49.4 Å². The molecule has 0 aliphatic heterocycles. The summed E-state index contributed by atoms with van der Waals surface area (Å²) >= 11 is 1.26. The van der Waals surface area contributed by atoms with E-state index in [0.717, 1.165) is 11.3 Å². The molecule has 4 nitrogen and oxygen atoms in total. The first-order valence-electron chi connectivity index (χ1n) is 7.88. The Bertz CT molecular complexity index is 732. The zero-order chi connectivity index (χ0) is 18.4. The number of anilines is 2. The summed E-state index contributed by atoms with van der Waals surface area (Å²) in [4.78, 5) is 26.0. The van der Waals surface area contributed by atoms with Gasteiger partial charge in [0.15, 0.2) is 0 Å². The monoisotopic (exact) mass is 360 g/mol. The second-order valence-corrected chi connectivity index (χ2v) is 7.07. The maximum absolute atomic E-state index is 12.8. The van der Waals surface area contributed by atoms with Crippen LogP contribution in [-0.4, -0.2) is 29.9 Å². The standard InChI is InChI=1S/C19H21FN2O2S/c1-13-4-10-17(11-5-13)22(3)19(24)14(2)25-12-18(23)21-16-8-6-15(20)7-9-16/h4-11,14H,12H2,1-3H3,(H,21,23). The van der Waals surface area contributed by atoms with Crippen molar-refractivity contribution in [1.29, 1.82) is 0 Å². The van der Waals surface area contributed by atoms with Gasteiger partial charge in [-0.05, 0) is 50.2 Å². The fourth-order valence-corrected chi connectivity index (χ4v) is 2.94. The van der Waals surface area contributed by atoms with Crippen LogP contribution in [0.25, 0.3) is 0 Å². The minimum Gasteiger partial charge on any atom is -0.325 e. The van der Waals surface area contributed by atoms with Gasteiger partial charge in [0, 0.05) is 18.4 Å². The van der Waals surface area contributed by atoms with E-state index < -0.39 is 0 Å². The third-order valence-electron chi connectivity index (χ3n) is 3.69. The second-order valence-electron chi connectivity index (χ2n) is 5.74. The highest BCUT2D eigenvalue weighted by molar-refractivity contribution is 8.01. The number of amides is 2. The van der Waals surface area contributed by atoms with Crippen molar-refractivity contribution >= 4 is 35.0 Å². The smallest absolute Gasteiger partial charge is 0.239 e. The quantitative estimate of drug-likeness (QED) is 0.851. The highest BCUT2D eigenvalue weighted by Crippen LogP contribution is 2.19. The molecule has 2 rings (SSSR count). The number of hydrogen-bond acceptors (Lipinski definition) is 3. The van der Waals surface area contributed by atoms with Gasteiger partial charge in [0.25, 0.3) is 0 Å². The van der Waals surface area contributed by atoms with Gasteiger partial charge in [-0.3, -0.25) is 9.59 Å². The predicted molar refractivity (Wildman–Crippen MR) is 102 cm³/mol. The van der Waals surface area contributed by atoms with Crippen molar-refractivity contribution in [3.8, 4) is 0 Å². The summed E-state index contributed by atoms with van der Waals surface area (Å²) < 4.78 is 12.8. The fraction of sp³-hybridized carbons (Fsp3) is 0.263. The number of nitrogens with one attached hydrogen (secondary N) is 1. The Kier molecular flexibility index (Phi) is 6.58. The molecule has 0 radical (unpaired) electrons. The highest BCUT2D eigenvalue weighted by Gasteiger charge is 2.20. The third-order valence-corrected chi connectivity index (χ3v) is 4.82. The number of aryl methyl sites for hydroxylation is 1. The first kappa shape index (κ1) is 19.0. The van der Waals surface area contributed by atoms with Crippen LogP contribution in [0.2, 0.25) is 0 Å². The van der Waals surface area contributed by atoms with Crippen molar-refractivity contribution in [2.75, 3.05) is 23.0 Å². The number of benzene rings is 2. The number of nitrogens with zero attached hydrogens (tertiary/aromatic N) is 1. The number of rotatable bonds is 6. The largest absolute Gasteiger partial charge is 0.325 e. The van der Waals surface area contributed by atoms with Gasteiger partial charge in [0.05, 0.1) is 11.0 Å². The predicted octanol–water partition coefficient (Wildman–Crippen LogP) is 3.86. The van der Waals surface area contributed by atoms with E-state index in [1.54, 1.807) is 18.9 Å². The number of carbonyl (C=O) groups is 2. The molecule has 0 aromatic heterocycles. The molecule has 2 aromatic carbocycles. The van der Waals surface area contributed by atoms with Crippen LogP contribution in [-0.2, 0) is 9.59 Å². The SMILES string of the molecule is Cc1ccc(N(C)C(=O)C(C)SCC(=O)Nc2ccc(F)cc2)cc1. The third kappa shape index (κ3) is 5.60. The van der Waals surface area contributed by atoms with Gasteiger partial charge in [0.2, 0.25) is 11.8 Å². The lowest BCUT2D eigenvalue weighted by Gasteiger charge is -2.21. The molecule has 0 saturated carbocycles. The van der Waals surface area contributed by atoms with Crippen LogP contribution in [0.5, 0.6) is 0 Å². The Morgan fingerprint density at radius 1 is 1.12 bits per heavy atom. The van der Waals surface area contributed by atoms with E-state index in [9.17, 15) is 14.0 Å². The van der Waals surface area contributed by atoms with Crippen molar-refractivity contribution in [2.24, 2.45) is 0 Å². The number of halogens is 1. The van der Waals surface area contributed by atoms with Crippen molar-refractivity contribution in [3.63, 3.8) is 0 Å². The molecule has 1 N–H and O–H groups in total. The number of hydrogen-bond donors (Lipinski definition) is 1. The molecule has 0 saturated heterocycles. The Balaban J connectivity index is 1.84. The Morgan fingerprint density at radius 2 is 1.72 bits per heavy atom. The van der Waals surface area contributed by atoms with Gasteiger partial charge in [-0.1, -0.05) is 17.7 Å². The van der Waals surface area contributed by atoms with E-state index in [0.29, 0.717) is 5.69 Å². The van der Waals surface area contributed by atoms with Gasteiger partial charge in [0.1, 0.15) is 5.82 Å². The van der Waals surface area contributed by atoms with Gasteiger partial charge in [-0.25, -0.2) is 4.39 Å². The molecular weight excluding hydrogens is 339 g/mol. The van der Waals surface area contributed by atoms with Crippen LogP contribution < -0.4 is 10.2 Å². The van der Waals surface area contributed by atoms with E-state index >= 15 is 0 Å². The molecule has 0 aliphatic rings. The summed E-state index contributed by atoms with van der Waals surface area (Å²) in [6.07, 6.45) is 0. The number of thioether (sulfide) groups is 1. The van der Waals surface area contributed by atoms with E-state index in [4.69, 9.17) is 0 Å². The molecular formula is C19H21FN2O2S. The average Bonchev–Trinajstić information content (AvgIpc) is 2.61. The molecule has 0 fully saturated rings. The van der Waals surface area contributed by atoms with Crippen LogP contribution >= 0.6 is 11.8 Å². The minimum absolute atomic E-state index is 0.0663. The lowest BCUT2D eigenvalue weighted by molar-refractivity contribution is -0.117. The van der Waals surface area contributed by atoms with Gasteiger partial charge < -0.3 is 10.2 Å². The van der Waals surface area contributed by atoms with Crippen LogP contribution in [0, 0.1) is 12.7 Å². The summed E-state index contributed by atoms with van der Waals surface area (Å²) in [5, 5.41) is 2.32. The maximum atomic E-state index is 12.8. The van der Waals surface area contributed by atoms with Gasteiger partial charge in [-0.2, -0.15) is 0 Å². The second kappa shape index (κ2) is 8.67. The van der Waals surface area contributed by atoms with Gasteiger partial charge >= 0.3 is 0 Å². The first-order valence-corrected chi connectivity index (χ1v) is 8.93. The van der Waals surface area contributed by atoms with E-state index in [1.807, 2.05) is 31.2 Å². The summed E-state index contributed by atoms with van der Waals surface area (Å²) in [5.74, 6) is -0.505. The Morgan fingerprint density at radius 3 is 2.32 bits per heavy atom.